The average molecular weight is 80.1 g/mol. The molecule has 0 fully saturated rings. The Balaban J connectivity index is 3.52. The summed E-state index contributed by atoms with van der Waals surface area (Å²) in [6.07, 6.45) is 2.68. The predicted octanol–water partition coefficient (Wildman–Crippen LogP) is 0.641. The molecule has 0 bridgehead atoms. The van der Waals surface area contributed by atoms with Crippen LogP contribution in [-0.4, -0.2) is 6.29 Å². The molecule has 0 aromatic rings. The molecule has 1 nitrogen and oxygen atoms in total. The lowest BCUT2D eigenvalue weighted by Gasteiger charge is -1.68. The number of carbonyl (C=O) groups excluding carboxylic acids is 1. The molecule has 0 unspecified atom stereocenters. The molecule has 6 heavy (non-hydrogen) atoms. The van der Waals surface area contributed by atoms with Gasteiger partial charge in [-0.05, 0) is 0 Å². The summed E-state index contributed by atoms with van der Waals surface area (Å²) in [5.41, 5.74) is 0.0509. The summed E-state index contributed by atoms with van der Waals surface area (Å²) in [6.45, 7) is 8.05. The maximum Gasteiger partial charge on any atom is 0.233 e. The maximum absolute atomic E-state index is 9.38. The molecule has 0 saturated heterocycles. The Labute approximate surface area is 37.0 Å². The van der Waals surface area contributed by atoms with Crippen LogP contribution in [0, 0.1) is 6.58 Å². The predicted molar refractivity (Wildman–Crippen MR) is 23.7 cm³/mol. The third-order valence-corrected chi connectivity index (χ3v) is 0.338. The molecular weight excluding hydrogens is 76.1 g/mol. The van der Waals surface area contributed by atoms with E-state index in [9.17, 15) is 4.79 Å². The van der Waals surface area contributed by atoms with Gasteiger partial charge in [-0.1, -0.05) is 19.2 Å². The Kier molecular flexibility index (Phi) is 2.05. The van der Waals surface area contributed by atoms with Crippen molar-refractivity contribution >= 4 is 6.29 Å². The molecule has 0 spiro atoms. The van der Waals surface area contributed by atoms with Crippen molar-refractivity contribution in [1.82, 2.24) is 0 Å². The summed E-state index contributed by atoms with van der Waals surface area (Å²) in [5, 5.41) is 0. The van der Waals surface area contributed by atoms with E-state index in [0.29, 0.717) is 0 Å². The van der Waals surface area contributed by atoms with Gasteiger partial charge in [0.2, 0.25) is 6.29 Å². The van der Waals surface area contributed by atoms with E-state index in [2.05, 4.69) is 6.58 Å². The highest BCUT2D eigenvalue weighted by atomic mass is 16.1. The van der Waals surface area contributed by atoms with Crippen molar-refractivity contribution in [3.63, 3.8) is 0 Å². The third kappa shape index (κ3) is 1.47. The fourth-order valence-electron chi connectivity index (χ4n) is 0.0417. The van der Waals surface area contributed by atoms with Gasteiger partial charge >= 0.3 is 0 Å². The topological polar surface area (TPSA) is 17.1 Å². The van der Waals surface area contributed by atoms with Gasteiger partial charge < -0.3 is 0 Å². The molecule has 0 heterocycles. The summed E-state index contributed by atoms with van der Waals surface area (Å²) in [7, 11) is 0. The van der Waals surface area contributed by atoms with E-state index in [0.717, 1.165) is 0 Å². The van der Waals surface area contributed by atoms with Crippen LogP contribution in [0.3, 0.4) is 0 Å². The van der Waals surface area contributed by atoms with Crippen molar-refractivity contribution in [2.75, 3.05) is 0 Å². The number of hydrogen-bond acceptors (Lipinski definition) is 1. The highest BCUT2D eigenvalue weighted by Crippen LogP contribution is 1.78. The maximum atomic E-state index is 9.38. The number of rotatable bonds is 2. The average Bonchev–Trinajstić information content (AvgIpc) is 1.65. The molecule has 0 aliphatic heterocycles. The van der Waals surface area contributed by atoms with E-state index in [-0.39, 0.29) is 5.57 Å². The molecule has 0 saturated carbocycles. The minimum absolute atomic E-state index is 0.0509. The zero-order valence-electron chi connectivity index (χ0n) is 3.27. The minimum Gasteiger partial charge on any atom is -0.285 e. The van der Waals surface area contributed by atoms with Crippen LogP contribution in [0.1, 0.15) is 0 Å². The minimum atomic E-state index is 0.0509. The Morgan fingerprint density at radius 3 is 2.50 bits per heavy atom. The zero-order valence-corrected chi connectivity index (χ0v) is 3.27. The molecule has 0 aliphatic rings. The van der Waals surface area contributed by atoms with Crippen LogP contribution in [0.2, 0.25) is 0 Å². The van der Waals surface area contributed by atoms with Gasteiger partial charge in [0.1, 0.15) is 0 Å². The van der Waals surface area contributed by atoms with E-state index in [1.807, 2.05) is 0 Å². The first-order valence-corrected chi connectivity index (χ1v) is 1.44. The summed E-state index contributed by atoms with van der Waals surface area (Å²) in [4.78, 5) is 9.38. The highest BCUT2D eigenvalue weighted by Gasteiger charge is 1.75. The number of allylic oxidation sites excluding steroid dienone is 2. The Morgan fingerprint density at radius 2 is 2.50 bits per heavy atom. The van der Waals surface area contributed by atoms with E-state index in [4.69, 9.17) is 6.58 Å². The summed E-state index contributed by atoms with van der Waals surface area (Å²) in [5.74, 6) is 0. The fourth-order valence-corrected chi connectivity index (χ4v) is 0.0417. The zero-order chi connectivity index (χ0) is 4.99. The molecule has 0 aliphatic carbocycles. The van der Waals surface area contributed by atoms with Crippen molar-refractivity contribution in [3.05, 3.63) is 24.8 Å². The molecule has 0 rings (SSSR count). The van der Waals surface area contributed by atoms with Gasteiger partial charge in [-0.2, -0.15) is 0 Å². The van der Waals surface area contributed by atoms with Gasteiger partial charge in [0.05, 0.1) is 0 Å². The van der Waals surface area contributed by atoms with Gasteiger partial charge in [0, 0.05) is 5.57 Å². The molecule has 2 radical (unpaired) electrons. The quantitative estimate of drug-likeness (QED) is 0.351. The van der Waals surface area contributed by atoms with Gasteiger partial charge in [0.15, 0.2) is 0 Å². The van der Waals surface area contributed by atoms with Crippen LogP contribution in [0.5, 0.6) is 0 Å². The fraction of sp³-hybridized carbons (Fsp3) is 0. The first kappa shape index (κ1) is 5.15. The van der Waals surface area contributed by atoms with E-state index in [1.54, 1.807) is 0 Å². The van der Waals surface area contributed by atoms with Gasteiger partial charge in [-0.25, -0.2) is 0 Å². The van der Waals surface area contributed by atoms with E-state index in [1.165, 1.54) is 12.4 Å². The van der Waals surface area contributed by atoms with Crippen LogP contribution >= 0.6 is 0 Å². The summed E-state index contributed by atoms with van der Waals surface area (Å²) >= 11 is 0. The SMILES string of the molecule is [CH]=C([C]=O)C=C. The van der Waals surface area contributed by atoms with E-state index < -0.39 is 0 Å². The van der Waals surface area contributed by atoms with Crippen molar-refractivity contribution in [3.8, 4) is 0 Å². The molecule has 30 valence electrons. The number of hydrogen-bond donors (Lipinski definition) is 0. The van der Waals surface area contributed by atoms with Crippen LogP contribution in [-0.2, 0) is 4.79 Å². The first-order chi connectivity index (χ1) is 2.81. The lowest BCUT2D eigenvalue weighted by molar-refractivity contribution is 0.562. The van der Waals surface area contributed by atoms with Crippen LogP contribution in [0.4, 0.5) is 0 Å². The smallest absolute Gasteiger partial charge is 0.233 e. The normalized spacial score (nSPS) is 6.67. The van der Waals surface area contributed by atoms with Crippen LogP contribution in [0.25, 0.3) is 0 Å². The largest absolute Gasteiger partial charge is 0.285 e. The molecule has 0 aromatic heterocycles. The summed E-state index contributed by atoms with van der Waals surface area (Å²) < 4.78 is 0. The highest BCUT2D eigenvalue weighted by molar-refractivity contribution is 5.75. The van der Waals surface area contributed by atoms with E-state index >= 15 is 0 Å². The molecule has 0 atom stereocenters. The molecule has 1 heteroatoms. The lowest BCUT2D eigenvalue weighted by Crippen LogP contribution is -1.68. The Morgan fingerprint density at radius 1 is 2.00 bits per heavy atom. The molecule has 0 N–H and O–H groups in total. The second-order valence-corrected chi connectivity index (χ2v) is 0.762. The van der Waals surface area contributed by atoms with Crippen molar-refractivity contribution in [2.45, 2.75) is 0 Å². The van der Waals surface area contributed by atoms with Crippen molar-refractivity contribution in [2.24, 2.45) is 0 Å². The monoisotopic (exact) mass is 80.0 g/mol. The van der Waals surface area contributed by atoms with Crippen molar-refractivity contribution in [1.29, 1.82) is 0 Å². The van der Waals surface area contributed by atoms with Crippen LogP contribution in [0.15, 0.2) is 18.2 Å². The second kappa shape index (κ2) is 2.39. The van der Waals surface area contributed by atoms with Gasteiger partial charge in [-0.3, -0.25) is 4.79 Å². The molecular formula is C5H4O. The van der Waals surface area contributed by atoms with Crippen LogP contribution < -0.4 is 0 Å². The molecule has 0 aromatic carbocycles. The third-order valence-electron chi connectivity index (χ3n) is 0.338. The van der Waals surface area contributed by atoms with Gasteiger partial charge in [0.25, 0.3) is 0 Å². The standard InChI is InChI=1S/C5H4O/c1-3-5(2)4-6/h2-3H,1H2. The summed E-state index contributed by atoms with van der Waals surface area (Å²) in [6, 6.07) is 0. The van der Waals surface area contributed by atoms with Crippen molar-refractivity contribution < 1.29 is 4.79 Å². The van der Waals surface area contributed by atoms with Gasteiger partial charge in [-0.15, -0.1) is 0 Å². The molecule has 0 amide bonds. The Bertz CT molecular complexity index is 71.9. The Hall–Kier alpha value is -0.850. The lowest BCUT2D eigenvalue weighted by atomic mass is 10.3. The second-order valence-electron chi connectivity index (χ2n) is 0.762. The first-order valence-electron chi connectivity index (χ1n) is 1.44.